The zero-order valence-electron chi connectivity index (χ0n) is 12.8. The number of nitrogens with one attached hydrogen (secondary N) is 1. The largest absolute Gasteiger partial charge is 0.381 e. The average molecular weight is 282 g/mol. The molecule has 0 saturated heterocycles. The number of amides is 1. The lowest BCUT2D eigenvalue weighted by Crippen LogP contribution is -2.11. The molecule has 3 heteroatoms. The summed E-state index contributed by atoms with van der Waals surface area (Å²) in [5.74, 6) is 0.157. The van der Waals surface area contributed by atoms with Crippen molar-refractivity contribution in [1.29, 1.82) is 0 Å². The van der Waals surface area contributed by atoms with Crippen molar-refractivity contribution in [3.8, 4) is 0 Å². The molecule has 0 spiro atoms. The maximum atomic E-state index is 11.1. The number of rotatable bonds is 5. The Morgan fingerprint density at radius 2 is 1.81 bits per heavy atom. The lowest BCUT2D eigenvalue weighted by Gasteiger charge is -2.11. The van der Waals surface area contributed by atoms with Crippen molar-refractivity contribution in [1.82, 2.24) is 0 Å². The molecule has 21 heavy (non-hydrogen) atoms. The molecule has 0 atom stereocenters. The van der Waals surface area contributed by atoms with Crippen LogP contribution in [-0.2, 0) is 6.54 Å². The highest BCUT2D eigenvalue weighted by molar-refractivity contribution is 5.93. The first-order valence-electron chi connectivity index (χ1n) is 7.20. The fourth-order valence-corrected chi connectivity index (χ4v) is 2.23. The van der Waals surface area contributed by atoms with Gasteiger partial charge in [-0.2, -0.15) is 0 Å². The first kappa shape index (κ1) is 15.1. The number of anilines is 1. The molecule has 0 aliphatic rings. The van der Waals surface area contributed by atoms with E-state index >= 15 is 0 Å². The van der Waals surface area contributed by atoms with E-state index in [1.54, 1.807) is 6.07 Å². The van der Waals surface area contributed by atoms with E-state index in [1.165, 1.54) is 11.1 Å². The molecule has 0 aliphatic heterocycles. The van der Waals surface area contributed by atoms with Gasteiger partial charge >= 0.3 is 0 Å². The van der Waals surface area contributed by atoms with E-state index in [0.29, 0.717) is 11.5 Å². The van der Waals surface area contributed by atoms with Gasteiger partial charge in [0.2, 0.25) is 5.91 Å². The van der Waals surface area contributed by atoms with Crippen molar-refractivity contribution >= 4 is 11.6 Å². The van der Waals surface area contributed by atoms with Crippen LogP contribution in [0.4, 0.5) is 5.69 Å². The standard InChI is InChI=1S/C18H22N2O/c1-12(2)15-6-4-14(5-7-15)11-20-17-9-8-16(18(19)21)10-13(17)3/h4-10,12,20H,11H2,1-3H3,(H2,19,21). The van der Waals surface area contributed by atoms with Crippen molar-refractivity contribution < 1.29 is 4.79 Å². The van der Waals surface area contributed by atoms with E-state index in [2.05, 4.69) is 43.4 Å². The second kappa shape index (κ2) is 6.44. The summed E-state index contributed by atoms with van der Waals surface area (Å²) in [6.07, 6.45) is 0. The van der Waals surface area contributed by atoms with Gasteiger partial charge in [0.05, 0.1) is 0 Å². The Bertz CT molecular complexity index is 630. The van der Waals surface area contributed by atoms with Gasteiger partial charge in [-0.05, 0) is 47.7 Å². The monoisotopic (exact) mass is 282 g/mol. The molecule has 0 aromatic heterocycles. The number of carbonyl (C=O) groups is 1. The Kier molecular flexibility index (Phi) is 4.63. The summed E-state index contributed by atoms with van der Waals surface area (Å²) in [5, 5.41) is 3.39. The van der Waals surface area contributed by atoms with Crippen LogP contribution in [0.15, 0.2) is 42.5 Å². The summed E-state index contributed by atoms with van der Waals surface area (Å²) < 4.78 is 0. The molecule has 0 fully saturated rings. The first-order valence-corrected chi connectivity index (χ1v) is 7.20. The van der Waals surface area contributed by atoms with Crippen LogP contribution >= 0.6 is 0 Å². The molecule has 2 rings (SSSR count). The second-order valence-electron chi connectivity index (χ2n) is 5.64. The van der Waals surface area contributed by atoms with E-state index in [4.69, 9.17) is 5.73 Å². The molecule has 0 saturated carbocycles. The third-order valence-corrected chi connectivity index (χ3v) is 3.64. The maximum Gasteiger partial charge on any atom is 0.248 e. The van der Waals surface area contributed by atoms with Crippen LogP contribution in [0.2, 0.25) is 0 Å². The van der Waals surface area contributed by atoms with Gasteiger partial charge in [0.1, 0.15) is 0 Å². The number of carbonyl (C=O) groups excluding carboxylic acids is 1. The minimum Gasteiger partial charge on any atom is -0.381 e. The van der Waals surface area contributed by atoms with Gasteiger partial charge in [0, 0.05) is 17.8 Å². The van der Waals surface area contributed by atoms with Crippen LogP contribution in [-0.4, -0.2) is 5.91 Å². The number of primary amides is 1. The van der Waals surface area contributed by atoms with Gasteiger partial charge in [-0.1, -0.05) is 38.1 Å². The van der Waals surface area contributed by atoms with Crippen LogP contribution in [0.25, 0.3) is 0 Å². The van der Waals surface area contributed by atoms with E-state index in [1.807, 2.05) is 19.1 Å². The zero-order chi connectivity index (χ0) is 15.4. The average Bonchev–Trinajstić information content (AvgIpc) is 2.46. The normalized spacial score (nSPS) is 10.7. The van der Waals surface area contributed by atoms with Gasteiger partial charge < -0.3 is 11.1 Å². The highest BCUT2D eigenvalue weighted by atomic mass is 16.1. The lowest BCUT2D eigenvalue weighted by atomic mass is 10.0. The fraction of sp³-hybridized carbons (Fsp3) is 0.278. The summed E-state index contributed by atoms with van der Waals surface area (Å²) in [6, 6.07) is 14.1. The van der Waals surface area contributed by atoms with Crippen LogP contribution in [0, 0.1) is 6.92 Å². The summed E-state index contributed by atoms with van der Waals surface area (Å²) in [5.41, 5.74) is 10.4. The topological polar surface area (TPSA) is 55.1 Å². The molecular weight excluding hydrogens is 260 g/mol. The predicted molar refractivity (Wildman–Crippen MR) is 87.6 cm³/mol. The minimum absolute atomic E-state index is 0.395. The van der Waals surface area contributed by atoms with Gasteiger partial charge in [-0.25, -0.2) is 0 Å². The summed E-state index contributed by atoms with van der Waals surface area (Å²) in [4.78, 5) is 11.1. The van der Waals surface area contributed by atoms with Gasteiger partial charge in [-0.15, -0.1) is 0 Å². The van der Waals surface area contributed by atoms with E-state index < -0.39 is 5.91 Å². The van der Waals surface area contributed by atoms with Crippen LogP contribution in [0.1, 0.15) is 46.8 Å². The summed E-state index contributed by atoms with van der Waals surface area (Å²) >= 11 is 0. The maximum absolute atomic E-state index is 11.1. The van der Waals surface area contributed by atoms with Crippen molar-refractivity contribution in [3.63, 3.8) is 0 Å². The molecule has 2 aromatic rings. The Morgan fingerprint density at radius 3 is 2.33 bits per heavy atom. The molecule has 3 nitrogen and oxygen atoms in total. The van der Waals surface area contributed by atoms with Crippen molar-refractivity contribution in [2.24, 2.45) is 5.73 Å². The lowest BCUT2D eigenvalue weighted by molar-refractivity contribution is 0.1000. The van der Waals surface area contributed by atoms with E-state index in [0.717, 1.165) is 17.8 Å². The second-order valence-corrected chi connectivity index (χ2v) is 5.64. The van der Waals surface area contributed by atoms with Gasteiger partial charge in [0.15, 0.2) is 0 Å². The Hall–Kier alpha value is -2.29. The highest BCUT2D eigenvalue weighted by Crippen LogP contribution is 2.19. The quantitative estimate of drug-likeness (QED) is 0.875. The molecular formula is C18H22N2O. The number of hydrogen-bond donors (Lipinski definition) is 2. The third kappa shape index (κ3) is 3.85. The highest BCUT2D eigenvalue weighted by Gasteiger charge is 2.04. The summed E-state index contributed by atoms with van der Waals surface area (Å²) in [7, 11) is 0. The van der Waals surface area contributed by atoms with Gasteiger partial charge in [0.25, 0.3) is 0 Å². The third-order valence-electron chi connectivity index (χ3n) is 3.64. The van der Waals surface area contributed by atoms with Crippen molar-refractivity contribution in [3.05, 3.63) is 64.7 Å². The molecule has 3 N–H and O–H groups in total. The Morgan fingerprint density at radius 1 is 1.14 bits per heavy atom. The smallest absolute Gasteiger partial charge is 0.248 e. The summed E-state index contributed by atoms with van der Waals surface area (Å²) in [6.45, 7) is 7.11. The zero-order valence-corrected chi connectivity index (χ0v) is 12.8. The molecule has 2 aromatic carbocycles. The fourth-order valence-electron chi connectivity index (χ4n) is 2.23. The van der Waals surface area contributed by atoms with Gasteiger partial charge in [-0.3, -0.25) is 4.79 Å². The predicted octanol–water partition coefficient (Wildman–Crippen LogP) is 3.83. The van der Waals surface area contributed by atoms with Crippen LogP contribution in [0.3, 0.4) is 0 Å². The Balaban J connectivity index is 2.04. The number of benzene rings is 2. The number of aryl methyl sites for hydroxylation is 1. The SMILES string of the molecule is Cc1cc(C(N)=O)ccc1NCc1ccc(C(C)C)cc1. The number of nitrogens with two attached hydrogens (primary N) is 1. The molecule has 0 bridgehead atoms. The Labute approximate surface area is 126 Å². The van der Waals surface area contributed by atoms with Crippen LogP contribution < -0.4 is 11.1 Å². The van der Waals surface area contributed by atoms with E-state index in [9.17, 15) is 4.79 Å². The minimum atomic E-state index is -0.395. The first-order chi connectivity index (χ1) is 9.97. The molecule has 110 valence electrons. The van der Waals surface area contributed by atoms with E-state index in [-0.39, 0.29) is 0 Å². The van der Waals surface area contributed by atoms with Crippen molar-refractivity contribution in [2.45, 2.75) is 33.2 Å². The number of hydrogen-bond acceptors (Lipinski definition) is 2. The molecule has 0 aliphatic carbocycles. The molecule has 0 unspecified atom stereocenters. The van der Waals surface area contributed by atoms with Crippen LogP contribution in [0.5, 0.6) is 0 Å². The molecule has 0 radical (unpaired) electrons. The van der Waals surface area contributed by atoms with Crippen molar-refractivity contribution in [2.75, 3.05) is 5.32 Å². The molecule has 0 heterocycles. The molecule has 1 amide bonds.